The van der Waals surface area contributed by atoms with Crippen molar-refractivity contribution in [3.05, 3.63) is 53.1 Å². The molecule has 0 aliphatic heterocycles. The molecule has 0 saturated heterocycles. The molecule has 0 bridgehead atoms. The largest absolute Gasteiger partial charge is 0.0648 e. The molecule has 0 N–H and O–H groups in total. The van der Waals surface area contributed by atoms with Crippen LogP contribution in [0.5, 0.6) is 0 Å². The summed E-state index contributed by atoms with van der Waals surface area (Å²) in [5, 5.41) is 0. The minimum atomic E-state index is 0.688. The van der Waals surface area contributed by atoms with Gasteiger partial charge in [0.25, 0.3) is 0 Å². The summed E-state index contributed by atoms with van der Waals surface area (Å²) in [4.78, 5) is 0. The Morgan fingerprint density at radius 1 is 0.800 bits per heavy atom. The average Bonchev–Trinajstić information content (AvgIpc) is 2.53. The van der Waals surface area contributed by atoms with Gasteiger partial charge in [0.05, 0.1) is 0 Å². The van der Waals surface area contributed by atoms with E-state index in [4.69, 9.17) is 0 Å². The fourth-order valence-corrected chi connectivity index (χ4v) is 3.87. The molecule has 0 heteroatoms. The first-order chi connectivity index (χ1) is 9.76. The van der Waals surface area contributed by atoms with Crippen molar-refractivity contribution >= 4 is 5.57 Å². The van der Waals surface area contributed by atoms with Gasteiger partial charge in [-0.2, -0.15) is 0 Å². The summed E-state index contributed by atoms with van der Waals surface area (Å²) in [7, 11) is 0. The fraction of sp³-hybridized carbons (Fsp3) is 0.500. The highest BCUT2D eigenvalue weighted by molar-refractivity contribution is 5.72. The lowest BCUT2D eigenvalue weighted by Gasteiger charge is -2.35. The van der Waals surface area contributed by atoms with E-state index in [-0.39, 0.29) is 0 Å². The van der Waals surface area contributed by atoms with E-state index in [0.717, 1.165) is 12.3 Å². The average molecular weight is 268 g/mol. The quantitative estimate of drug-likeness (QED) is 0.592. The minimum absolute atomic E-state index is 0.688. The molecule has 0 heterocycles. The smallest absolute Gasteiger partial charge is 0.00928 e. The first-order valence-corrected chi connectivity index (χ1v) is 8.25. The highest BCUT2D eigenvalue weighted by Gasteiger charge is 2.30. The third kappa shape index (κ3) is 2.75. The molecule has 1 aromatic carbocycles. The minimum Gasteiger partial charge on any atom is -0.0648 e. The van der Waals surface area contributed by atoms with Crippen molar-refractivity contribution in [3.8, 4) is 0 Å². The molecular weight excluding hydrogens is 240 g/mol. The van der Waals surface area contributed by atoms with Crippen LogP contribution in [-0.2, 0) is 0 Å². The lowest BCUT2D eigenvalue weighted by Crippen LogP contribution is -2.22. The Bertz CT molecular complexity index is 490. The second-order valence-electron chi connectivity index (χ2n) is 5.75. The molecule has 0 spiro atoms. The molecule has 0 aromatic heterocycles. The molecule has 2 atom stereocenters. The predicted octanol–water partition coefficient (Wildman–Crippen LogP) is 6.25. The van der Waals surface area contributed by atoms with E-state index in [2.05, 4.69) is 64.1 Å². The Morgan fingerprint density at radius 2 is 1.45 bits per heavy atom. The maximum absolute atomic E-state index is 2.49. The van der Waals surface area contributed by atoms with E-state index in [1.807, 2.05) is 0 Å². The molecule has 0 unspecified atom stereocenters. The highest BCUT2D eigenvalue weighted by atomic mass is 14.3. The molecule has 1 aliphatic rings. The lowest BCUT2D eigenvalue weighted by molar-refractivity contribution is 0.422. The van der Waals surface area contributed by atoms with Crippen LogP contribution in [0.15, 0.2) is 47.6 Å². The van der Waals surface area contributed by atoms with Gasteiger partial charge < -0.3 is 0 Å². The number of hydrogen-bond donors (Lipinski definition) is 0. The molecule has 0 fully saturated rings. The Balaban J connectivity index is 2.53. The van der Waals surface area contributed by atoms with Gasteiger partial charge >= 0.3 is 0 Å². The third-order valence-corrected chi connectivity index (χ3v) is 4.82. The molecule has 0 amide bonds. The van der Waals surface area contributed by atoms with Gasteiger partial charge in [0.1, 0.15) is 0 Å². The van der Waals surface area contributed by atoms with Crippen LogP contribution >= 0.6 is 0 Å². The summed E-state index contributed by atoms with van der Waals surface area (Å²) >= 11 is 0. The van der Waals surface area contributed by atoms with Gasteiger partial charge in [0.15, 0.2) is 0 Å². The first-order valence-electron chi connectivity index (χ1n) is 8.25. The molecule has 0 saturated carbocycles. The van der Waals surface area contributed by atoms with E-state index < -0.39 is 0 Å². The monoisotopic (exact) mass is 268 g/mol. The second kappa shape index (κ2) is 6.92. The molecular formula is C20H28. The van der Waals surface area contributed by atoms with Crippen molar-refractivity contribution in [2.45, 2.75) is 53.4 Å². The van der Waals surface area contributed by atoms with Crippen LogP contribution in [-0.4, -0.2) is 0 Å². The maximum Gasteiger partial charge on any atom is -0.00928 e. The van der Waals surface area contributed by atoms with Crippen molar-refractivity contribution in [2.24, 2.45) is 11.8 Å². The number of rotatable bonds is 5. The van der Waals surface area contributed by atoms with Crippen molar-refractivity contribution in [3.63, 3.8) is 0 Å². The highest BCUT2D eigenvalue weighted by Crippen LogP contribution is 2.44. The molecule has 1 aliphatic carbocycles. The number of benzene rings is 1. The van der Waals surface area contributed by atoms with Crippen molar-refractivity contribution in [1.29, 1.82) is 0 Å². The van der Waals surface area contributed by atoms with Crippen molar-refractivity contribution in [2.75, 3.05) is 0 Å². The zero-order valence-electron chi connectivity index (χ0n) is 13.4. The van der Waals surface area contributed by atoms with Crippen LogP contribution in [0.4, 0.5) is 0 Å². The van der Waals surface area contributed by atoms with Crippen LogP contribution < -0.4 is 0 Å². The number of allylic oxidation sites excluding steroid dienone is 4. The molecule has 20 heavy (non-hydrogen) atoms. The maximum atomic E-state index is 2.49. The van der Waals surface area contributed by atoms with E-state index in [1.54, 1.807) is 16.7 Å². The zero-order chi connectivity index (χ0) is 14.5. The van der Waals surface area contributed by atoms with Gasteiger partial charge in [-0.15, -0.1) is 0 Å². The van der Waals surface area contributed by atoms with Crippen LogP contribution in [0.1, 0.15) is 58.9 Å². The van der Waals surface area contributed by atoms with E-state index in [1.165, 1.54) is 24.8 Å². The SMILES string of the molecule is CCC1=C(CC)[C@@H](CC)[C@@H](CC)C(c2ccccc2)=C1. The molecule has 2 rings (SSSR count). The topological polar surface area (TPSA) is 0 Å². The Morgan fingerprint density at radius 3 is 1.95 bits per heavy atom. The van der Waals surface area contributed by atoms with Crippen LogP contribution in [0.25, 0.3) is 5.57 Å². The normalized spacial score (nSPS) is 22.9. The lowest BCUT2D eigenvalue weighted by atomic mass is 9.69. The number of hydrogen-bond acceptors (Lipinski definition) is 0. The van der Waals surface area contributed by atoms with Crippen LogP contribution in [0.3, 0.4) is 0 Å². The van der Waals surface area contributed by atoms with E-state index in [0.29, 0.717) is 5.92 Å². The van der Waals surface area contributed by atoms with Gasteiger partial charge in [-0.05, 0) is 54.2 Å². The standard InChI is InChI=1S/C20H28/c1-5-15-14-20(16-12-10-9-11-13-16)19(8-4)18(7-3)17(15)6-2/h9-14,18-19H,5-8H2,1-4H3/t18-,19-/m1/s1. The summed E-state index contributed by atoms with van der Waals surface area (Å²) in [5.74, 6) is 1.42. The van der Waals surface area contributed by atoms with Crippen molar-refractivity contribution in [1.82, 2.24) is 0 Å². The summed E-state index contributed by atoms with van der Waals surface area (Å²) < 4.78 is 0. The Labute approximate surface area is 124 Å². The van der Waals surface area contributed by atoms with E-state index >= 15 is 0 Å². The zero-order valence-corrected chi connectivity index (χ0v) is 13.4. The summed E-state index contributed by atoms with van der Waals surface area (Å²) in [6.07, 6.45) is 7.35. The summed E-state index contributed by atoms with van der Waals surface area (Å²) in [6.45, 7) is 9.31. The van der Waals surface area contributed by atoms with E-state index in [9.17, 15) is 0 Å². The molecule has 108 valence electrons. The molecule has 1 aromatic rings. The Kier molecular flexibility index (Phi) is 5.23. The van der Waals surface area contributed by atoms with Crippen LogP contribution in [0.2, 0.25) is 0 Å². The van der Waals surface area contributed by atoms with Gasteiger partial charge in [0, 0.05) is 0 Å². The van der Waals surface area contributed by atoms with Crippen LogP contribution in [0, 0.1) is 11.8 Å². The van der Waals surface area contributed by atoms with Crippen molar-refractivity contribution < 1.29 is 0 Å². The Hall–Kier alpha value is -1.30. The third-order valence-electron chi connectivity index (χ3n) is 4.82. The van der Waals surface area contributed by atoms with Gasteiger partial charge in [-0.1, -0.05) is 69.7 Å². The van der Waals surface area contributed by atoms with Gasteiger partial charge in [-0.25, -0.2) is 0 Å². The summed E-state index contributed by atoms with van der Waals surface area (Å²) in [6, 6.07) is 11.0. The fourth-order valence-electron chi connectivity index (χ4n) is 3.87. The predicted molar refractivity (Wildman–Crippen MR) is 89.6 cm³/mol. The summed E-state index contributed by atoms with van der Waals surface area (Å²) in [5.41, 5.74) is 6.28. The molecule has 0 nitrogen and oxygen atoms in total. The molecule has 0 radical (unpaired) electrons. The first kappa shape index (κ1) is 15.1. The van der Waals surface area contributed by atoms with Gasteiger partial charge in [0.2, 0.25) is 0 Å². The van der Waals surface area contributed by atoms with Gasteiger partial charge in [-0.3, -0.25) is 0 Å². The second-order valence-corrected chi connectivity index (χ2v) is 5.75.